The van der Waals surface area contributed by atoms with Crippen LogP contribution in [0.5, 0.6) is 0 Å². The van der Waals surface area contributed by atoms with Gasteiger partial charge in [0.1, 0.15) is 0 Å². The maximum Gasteiger partial charge on any atom is 0.349 e. The Balaban J connectivity index is 3.35. The van der Waals surface area contributed by atoms with Crippen molar-refractivity contribution in [1.82, 2.24) is 0 Å². The fourth-order valence-electron chi connectivity index (χ4n) is 0.807. The number of hydrogen-bond donors (Lipinski definition) is 0. The van der Waals surface area contributed by atoms with Gasteiger partial charge in [-0.1, -0.05) is 0 Å². The number of carbonyl (C=O) groups is 2. The van der Waals surface area contributed by atoms with E-state index in [2.05, 4.69) is 5.18 Å². The summed E-state index contributed by atoms with van der Waals surface area (Å²) in [7, 11) is 0. The Hall–Kier alpha value is -2.18. The Morgan fingerprint density at radius 2 is 1.77 bits per heavy atom. The molecular formula is C6H2N2O5. The molecule has 0 aromatic rings. The van der Waals surface area contributed by atoms with Crippen LogP contribution in [0.1, 0.15) is 0 Å². The first-order valence-electron chi connectivity index (χ1n) is 3.06. The number of nitroso groups, excluding NO2 is 1. The van der Waals surface area contributed by atoms with Crippen LogP contribution >= 0.6 is 0 Å². The van der Waals surface area contributed by atoms with E-state index in [1.165, 1.54) is 0 Å². The number of nitrogens with zero attached hydrogens (tertiary/aromatic N) is 2. The lowest BCUT2D eigenvalue weighted by Crippen LogP contribution is -2.19. The average molecular weight is 182 g/mol. The number of allylic oxidation sites excluding steroid dienone is 2. The molecular weight excluding hydrogens is 180 g/mol. The topological polar surface area (TPSA) is 107 Å². The molecule has 7 heteroatoms. The molecule has 0 unspecified atom stereocenters. The fourth-order valence-corrected chi connectivity index (χ4v) is 0.807. The largest absolute Gasteiger partial charge is 0.349 e. The SMILES string of the molecule is O=NC1=C([N+](=O)[O-])C(=O)C=CC1=O. The highest BCUT2D eigenvalue weighted by Crippen LogP contribution is 2.15. The zero-order valence-electron chi connectivity index (χ0n) is 6.09. The first-order valence-corrected chi connectivity index (χ1v) is 3.06. The van der Waals surface area contributed by atoms with E-state index in [4.69, 9.17) is 0 Å². The van der Waals surface area contributed by atoms with Crippen molar-refractivity contribution in [1.29, 1.82) is 0 Å². The lowest BCUT2D eigenvalue weighted by atomic mass is 10.1. The number of carbonyl (C=O) groups excluding carboxylic acids is 2. The summed E-state index contributed by atoms with van der Waals surface area (Å²) in [6, 6.07) is 0. The van der Waals surface area contributed by atoms with Crippen LogP contribution in [0.3, 0.4) is 0 Å². The quantitative estimate of drug-likeness (QED) is 0.257. The van der Waals surface area contributed by atoms with Gasteiger partial charge in [0.15, 0.2) is 0 Å². The van der Waals surface area contributed by atoms with Gasteiger partial charge < -0.3 is 0 Å². The van der Waals surface area contributed by atoms with Crippen molar-refractivity contribution in [3.05, 3.63) is 38.6 Å². The van der Waals surface area contributed by atoms with E-state index in [9.17, 15) is 24.6 Å². The van der Waals surface area contributed by atoms with Crippen molar-refractivity contribution in [2.75, 3.05) is 0 Å². The lowest BCUT2D eigenvalue weighted by molar-refractivity contribution is -0.419. The fraction of sp³-hybridized carbons (Fsp3) is 0. The van der Waals surface area contributed by atoms with Crippen LogP contribution in [0.15, 0.2) is 28.7 Å². The zero-order valence-corrected chi connectivity index (χ0v) is 6.09. The molecule has 0 fully saturated rings. The van der Waals surface area contributed by atoms with Gasteiger partial charge in [-0.2, -0.15) is 0 Å². The zero-order chi connectivity index (χ0) is 10.0. The second-order valence-corrected chi connectivity index (χ2v) is 2.11. The Labute approximate surface area is 70.8 Å². The normalized spacial score (nSPS) is 16.3. The van der Waals surface area contributed by atoms with E-state index in [1.807, 2.05) is 0 Å². The summed E-state index contributed by atoms with van der Waals surface area (Å²) in [5, 5.41) is 12.4. The Bertz CT molecular complexity index is 378. The van der Waals surface area contributed by atoms with Gasteiger partial charge >= 0.3 is 5.70 Å². The Kier molecular flexibility index (Phi) is 2.09. The van der Waals surface area contributed by atoms with Gasteiger partial charge in [-0.25, -0.2) is 0 Å². The molecule has 0 bridgehead atoms. The summed E-state index contributed by atoms with van der Waals surface area (Å²) in [6.07, 6.45) is 1.50. The predicted octanol–water partition coefficient (Wildman–Crippen LogP) is -0.0509. The molecule has 13 heavy (non-hydrogen) atoms. The van der Waals surface area contributed by atoms with Gasteiger partial charge in [0, 0.05) is 0 Å². The van der Waals surface area contributed by atoms with Crippen molar-refractivity contribution in [2.24, 2.45) is 5.18 Å². The predicted molar refractivity (Wildman–Crippen MR) is 39.0 cm³/mol. The van der Waals surface area contributed by atoms with Crippen LogP contribution in [0.2, 0.25) is 0 Å². The maximum absolute atomic E-state index is 10.8. The van der Waals surface area contributed by atoms with E-state index in [0.717, 1.165) is 12.2 Å². The third-order valence-electron chi connectivity index (χ3n) is 1.35. The van der Waals surface area contributed by atoms with Crippen LogP contribution in [0, 0.1) is 15.0 Å². The van der Waals surface area contributed by atoms with Crippen molar-refractivity contribution in [2.45, 2.75) is 0 Å². The molecule has 0 saturated carbocycles. The van der Waals surface area contributed by atoms with E-state index in [-0.39, 0.29) is 0 Å². The van der Waals surface area contributed by atoms with Crippen molar-refractivity contribution >= 4 is 11.6 Å². The highest BCUT2D eigenvalue weighted by molar-refractivity contribution is 6.18. The molecule has 0 amide bonds. The van der Waals surface area contributed by atoms with Crippen LogP contribution in [-0.2, 0) is 9.59 Å². The monoisotopic (exact) mass is 182 g/mol. The summed E-state index contributed by atoms with van der Waals surface area (Å²) >= 11 is 0. The van der Waals surface area contributed by atoms with Gasteiger partial charge in [0.25, 0.3) is 5.78 Å². The molecule has 1 aliphatic carbocycles. The number of hydrogen-bond acceptors (Lipinski definition) is 6. The summed E-state index contributed by atoms with van der Waals surface area (Å²) < 4.78 is 0. The van der Waals surface area contributed by atoms with Crippen LogP contribution in [0.25, 0.3) is 0 Å². The average Bonchev–Trinajstić information content (AvgIpc) is 2.07. The van der Waals surface area contributed by atoms with E-state index >= 15 is 0 Å². The smallest absolute Gasteiger partial charge is 0.287 e. The van der Waals surface area contributed by atoms with Crippen molar-refractivity contribution < 1.29 is 14.5 Å². The van der Waals surface area contributed by atoms with Crippen molar-refractivity contribution in [3.63, 3.8) is 0 Å². The summed E-state index contributed by atoms with van der Waals surface area (Å²) in [5.74, 6) is -1.93. The highest BCUT2D eigenvalue weighted by atomic mass is 16.6. The van der Waals surface area contributed by atoms with Gasteiger partial charge in [-0.15, -0.1) is 4.91 Å². The minimum Gasteiger partial charge on any atom is -0.287 e. The van der Waals surface area contributed by atoms with Gasteiger partial charge in [-0.3, -0.25) is 19.7 Å². The first-order chi connectivity index (χ1) is 6.07. The number of nitro groups is 1. The number of rotatable bonds is 2. The summed E-state index contributed by atoms with van der Waals surface area (Å²) in [5.41, 5.74) is -2.01. The van der Waals surface area contributed by atoms with E-state index in [0.29, 0.717) is 0 Å². The van der Waals surface area contributed by atoms with Gasteiger partial charge in [0.05, 0.1) is 4.92 Å². The summed E-state index contributed by atoms with van der Waals surface area (Å²) in [6.45, 7) is 0. The number of ketones is 2. The van der Waals surface area contributed by atoms with Gasteiger partial charge in [-0.05, 0) is 17.3 Å². The summed E-state index contributed by atoms with van der Waals surface area (Å²) in [4.78, 5) is 40.7. The van der Waals surface area contributed by atoms with Crippen LogP contribution < -0.4 is 0 Å². The second kappa shape index (κ2) is 3.05. The van der Waals surface area contributed by atoms with Crippen LogP contribution in [0.4, 0.5) is 0 Å². The molecule has 0 aromatic heterocycles. The first kappa shape index (κ1) is 8.91. The minimum absolute atomic E-state index is 0.731. The molecule has 66 valence electrons. The standard InChI is InChI=1S/C6H2N2O5/c9-3-1-2-4(10)6(8(12)13)5(3)7-11/h1-2H. The lowest BCUT2D eigenvalue weighted by Gasteiger charge is -1.99. The third-order valence-corrected chi connectivity index (χ3v) is 1.35. The maximum atomic E-state index is 10.8. The second-order valence-electron chi connectivity index (χ2n) is 2.11. The highest BCUT2D eigenvalue weighted by Gasteiger charge is 2.33. The van der Waals surface area contributed by atoms with Crippen LogP contribution in [-0.4, -0.2) is 16.5 Å². The van der Waals surface area contributed by atoms with E-state index < -0.39 is 27.9 Å². The molecule has 0 atom stereocenters. The molecule has 0 saturated heterocycles. The Morgan fingerprint density at radius 3 is 2.15 bits per heavy atom. The van der Waals surface area contributed by atoms with E-state index in [1.54, 1.807) is 0 Å². The van der Waals surface area contributed by atoms with Crippen molar-refractivity contribution in [3.8, 4) is 0 Å². The molecule has 0 N–H and O–H groups in total. The molecule has 0 spiro atoms. The minimum atomic E-state index is -1.10. The molecule has 0 radical (unpaired) electrons. The molecule has 1 aliphatic rings. The molecule has 0 aromatic carbocycles. The van der Waals surface area contributed by atoms with Gasteiger partial charge in [0.2, 0.25) is 11.5 Å². The Morgan fingerprint density at radius 1 is 1.23 bits per heavy atom. The third kappa shape index (κ3) is 1.39. The molecule has 0 aliphatic heterocycles. The molecule has 0 heterocycles. The molecule has 7 nitrogen and oxygen atoms in total. The molecule has 1 rings (SSSR count).